The van der Waals surface area contributed by atoms with Crippen LogP contribution in [0.5, 0.6) is 0 Å². The SMILES string of the molecule is CC1(C)COC(=O)N(C2CCN(C(=O)CNC(=O)c3cccs3)CC2)C1. The lowest BCUT2D eigenvalue weighted by molar-refractivity contribution is -0.131. The van der Waals surface area contributed by atoms with Crippen LogP contribution in [0.15, 0.2) is 17.5 Å². The molecule has 26 heavy (non-hydrogen) atoms. The summed E-state index contributed by atoms with van der Waals surface area (Å²) in [4.78, 5) is 40.5. The van der Waals surface area contributed by atoms with Crippen LogP contribution in [0.2, 0.25) is 0 Å². The number of rotatable bonds is 4. The molecule has 0 radical (unpaired) electrons. The molecule has 3 rings (SSSR count). The van der Waals surface area contributed by atoms with Crippen LogP contribution in [0, 0.1) is 5.41 Å². The molecule has 2 saturated heterocycles. The van der Waals surface area contributed by atoms with Crippen molar-refractivity contribution in [3.8, 4) is 0 Å². The van der Waals surface area contributed by atoms with Crippen molar-refractivity contribution in [1.29, 1.82) is 0 Å². The quantitative estimate of drug-likeness (QED) is 0.867. The van der Waals surface area contributed by atoms with E-state index in [1.54, 1.807) is 17.0 Å². The summed E-state index contributed by atoms with van der Waals surface area (Å²) < 4.78 is 5.29. The van der Waals surface area contributed by atoms with E-state index >= 15 is 0 Å². The number of thiophene rings is 1. The summed E-state index contributed by atoms with van der Waals surface area (Å²) in [6.07, 6.45) is 1.21. The molecule has 3 heterocycles. The molecule has 3 amide bonds. The van der Waals surface area contributed by atoms with Crippen LogP contribution < -0.4 is 5.32 Å². The molecule has 1 N–H and O–H groups in total. The van der Waals surface area contributed by atoms with Crippen molar-refractivity contribution in [2.45, 2.75) is 32.7 Å². The van der Waals surface area contributed by atoms with Gasteiger partial charge in [-0.05, 0) is 24.3 Å². The first-order chi connectivity index (χ1) is 12.4. The molecule has 1 aromatic rings. The number of hydrogen-bond donors (Lipinski definition) is 1. The van der Waals surface area contributed by atoms with Gasteiger partial charge in [-0.15, -0.1) is 11.3 Å². The van der Waals surface area contributed by atoms with Crippen LogP contribution in [-0.2, 0) is 9.53 Å². The molecule has 2 aliphatic heterocycles. The Balaban J connectivity index is 1.46. The zero-order valence-electron chi connectivity index (χ0n) is 15.2. The summed E-state index contributed by atoms with van der Waals surface area (Å²) in [5.41, 5.74) is -0.0487. The third kappa shape index (κ3) is 4.35. The minimum Gasteiger partial charge on any atom is -0.449 e. The normalized spacial score (nSPS) is 20.6. The first-order valence-electron chi connectivity index (χ1n) is 8.89. The van der Waals surface area contributed by atoms with Crippen LogP contribution in [0.3, 0.4) is 0 Å². The fourth-order valence-electron chi connectivity index (χ4n) is 3.38. The lowest BCUT2D eigenvalue weighted by atomic mass is 9.91. The Labute approximate surface area is 157 Å². The first kappa shape index (κ1) is 18.7. The Morgan fingerprint density at radius 3 is 2.73 bits per heavy atom. The van der Waals surface area contributed by atoms with Crippen LogP contribution in [0.4, 0.5) is 4.79 Å². The second-order valence-corrected chi connectivity index (χ2v) is 8.57. The van der Waals surface area contributed by atoms with Crippen LogP contribution in [0.25, 0.3) is 0 Å². The zero-order valence-corrected chi connectivity index (χ0v) is 16.0. The molecule has 2 aliphatic rings. The van der Waals surface area contributed by atoms with Gasteiger partial charge in [-0.25, -0.2) is 4.79 Å². The van der Waals surface area contributed by atoms with Crippen molar-refractivity contribution < 1.29 is 19.1 Å². The number of amides is 3. The van der Waals surface area contributed by atoms with Crippen LogP contribution >= 0.6 is 11.3 Å². The van der Waals surface area contributed by atoms with Gasteiger partial charge in [0.15, 0.2) is 0 Å². The highest BCUT2D eigenvalue weighted by atomic mass is 32.1. The number of hydrogen-bond acceptors (Lipinski definition) is 5. The van der Waals surface area contributed by atoms with E-state index < -0.39 is 0 Å². The van der Waals surface area contributed by atoms with E-state index in [2.05, 4.69) is 19.2 Å². The fourth-order valence-corrected chi connectivity index (χ4v) is 4.02. The van der Waals surface area contributed by atoms with Crippen molar-refractivity contribution >= 4 is 29.2 Å². The number of carbonyl (C=O) groups excluding carboxylic acids is 3. The molecule has 0 spiro atoms. The largest absolute Gasteiger partial charge is 0.449 e. The van der Waals surface area contributed by atoms with E-state index in [1.165, 1.54) is 11.3 Å². The molecule has 0 aromatic carbocycles. The molecule has 0 atom stereocenters. The molecule has 1 aromatic heterocycles. The maximum atomic E-state index is 12.3. The van der Waals surface area contributed by atoms with Gasteiger partial charge >= 0.3 is 6.09 Å². The van der Waals surface area contributed by atoms with E-state index in [0.29, 0.717) is 31.1 Å². The molecule has 0 bridgehead atoms. The molecule has 0 aliphatic carbocycles. The van der Waals surface area contributed by atoms with Crippen molar-refractivity contribution in [3.05, 3.63) is 22.4 Å². The van der Waals surface area contributed by atoms with Crippen molar-refractivity contribution in [2.75, 3.05) is 32.8 Å². The second-order valence-electron chi connectivity index (χ2n) is 7.62. The van der Waals surface area contributed by atoms with Gasteiger partial charge in [-0.3, -0.25) is 9.59 Å². The summed E-state index contributed by atoms with van der Waals surface area (Å²) in [5, 5.41) is 4.50. The highest BCUT2D eigenvalue weighted by Crippen LogP contribution is 2.28. The first-order valence-corrected chi connectivity index (χ1v) is 9.76. The van der Waals surface area contributed by atoms with E-state index in [4.69, 9.17) is 4.74 Å². The summed E-state index contributed by atoms with van der Waals surface area (Å²) >= 11 is 1.35. The summed E-state index contributed by atoms with van der Waals surface area (Å²) in [5.74, 6) is -0.309. The highest BCUT2D eigenvalue weighted by molar-refractivity contribution is 7.12. The molecule has 0 saturated carbocycles. The minimum absolute atomic E-state index is 0.000186. The van der Waals surface area contributed by atoms with Crippen molar-refractivity contribution in [2.24, 2.45) is 5.41 Å². The highest BCUT2D eigenvalue weighted by Gasteiger charge is 2.38. The molecular formula is C18H25N3O4S. The maximum Gasteiger partial charge on any atom is 0.410 e. The third-order valence-electron chi connectivity index (χ3n) is 4.82. The maximum absolute atomic E-state index is 12.3. The lowest BCUT2D eigenvalue weighted by Gasteiger charge is -2.44. The number of ether oxygens (including phenoxy) is 1. The average Bonchev–Trinajstić information content (AvgIpc) is 3.16. The predicted molar refractivity (Wildman–Crippen MR) is 98.1 cm³/mol. The topological polar surface area (TPSA) is 79.0 Å². The predicted octanol–water partition coefficient (Wildman–Crippen LogP) is 1.95. The number of nitrogens with zero attached hydrogens (tertiary/aromatic N) is 2. The summed E-state index contributed by atoms with van der Waals surface area (Å²) in [6, 6.07) is 3.64. The Morgan fingerprint density at radius 2 is 2.08 bits per heavy atom. The fraction of sp³-hybridized carbons (Fsp3) is 0.611. The number of carbonyl (C=O) groups is 3. The zero-order chi connectivity index (χ0) is 18.7. The molecule has 0 unspecified atom stereocenters. The summed E-state index contributed by atoms with van der Waals surface area (Å²) in [6.45, 7) is 6.47. The van der Waals surface area contributed by atoms with Crippen molar-refractivity contribution in [3.63, 3.8) is 0 Å². The van der Waals surface area contributed by atoms with Crippen LogP contribution in [0.1, 0.15) is 36.4 Å². The van der Waals surface area contributed by atoms with E-state index in [9.17, 15) is 14.4 Å². The van der Waals surface area contributed by atoms with Gasteiger partial charge in [0.2, 0.25) is 5.91 Å². The van der Waals surface area contributed by atoms with Gasteiger partial charge in [0.1, 0.15) is 0 Å². The average molecular weight is 379 g/mol. The van der Waals surface area contributed by atoms with Gasteiger partial charge in [0, 0.05) is 31.1 Å². The Morgan fingerprint density at radius 1 is 1.35 bits per heavy atom. The van der Waals surface area contributed by atoms with Gasteiger partial charge in [0.05, 0.1) is 18.0 Å². The van der Waals surface area contributed by atoms with Crippen molar-refractivity contribution in [1.82, 2.24) is 15.1 Å². The second kappa shape index (κ2) is 7.65. The summed E-state index contributed by atoms with van der Waals surface area (Å²) in [7, 11) is 0. The molecule has 142 valence electrons. The Kier molecular flexibility index (Phi) is 5.50. The molecule has 2 fully saturated rings. The third-order valence-corrected chi connectivity index (χ3v) is 5.69. The van der Waals surface area contributed by atoms with Gasteiger partial charge in [-0.2, -0.15) is 0 Å². The van der Waals surface area contributed by atoms with Crippen LogP contribution in [-0.4, -0.2) is 66.5 Å². The minimum atomic E-state index is -0.252. The Bertz CT molecular complexity index is 666. The number of cyclic esters (lactones) is 1. The number of nitrogens with one attached hydrogen (secondary N) is 1. The van der Waals surface area contributed by atoms with E-state index in [0.717, 1.165) is 12.8 Å². The standard InChI is InChI=1S/C18H25N3O4S/c1-18(2)11-21(17(24)25-12-18)13-5-7-20(8-6-13)15(22)10-19-16(23)14-4-3-9-26-14/h3-4,9,13H,5-8,10-12H2,1-2H3,(H,19,23). The van der Waals surface area contributed by atoms with Gasteiger partial charge in [-0.1, -0.05) is 19.9 Å². The number of likely N-dealkylation sites (tertiary alicyclic amines) is 1. The monoisotopic (exact) mass is 379 g/mol. The van der Waals surface area contributed by atoms with E-state index in [-0.39, 0.29) is 35.9 Å². The lowest BCUT2D eigenvalue weighted by Crippen LogP contribution is -2.55. The molecule has 7 nitrogen and oxygen atoms in total. The molecular weight excluding hydrogens is 354 g/mol. The smallest absolute Gasteiger partial charge is 0.410 e. The van der Waals surface area contributed by atoms with Gasteiger partial charge in [0.25, 0.3) is 5.91 Å². The Hall–Kier alpha value is -2.09. The van der Waals surface area contributed by atoms with E-state index in [1.807, 2.05) is 10.3 Å². The molecule has 8 heteroatoms. The number of piperidine rings is 1. The van der Waals surface area contributed by atoms with Gasteiger partial charge < -0.3 is 19.9 Å².